The van der Waals surface area contributed by atoms with Crippen LogP contribution in [0.15, 0.2) is 22.7 Å². The zero-order valence-electron chi connectivity index (χ0n) is 12.0. The Morgan fingerprint density at radius 1 is 1.32 bits per heavy atom. The maximum Gasteiger partial charge on any atom is 0.123 e. The normalized spacial score (nSPS) is 12.4. The molecule has 108 valence electrons. The summed E-state index contributed by atoms with van der Waals surface area (Å²) in [5.41, 5.74) is 1.17. The Hall–Kier alpha value is -0.580. The zero-order valence-corrected chi connectivity index (χ0v) is 13.6. The second-order valence-electron chi connectivity index (χ2n) is 4.54. The van der Waals surface area contributed by atoms with Crippen LogP contribution in [0.25, 0.3) is 0 Å². The van der Waals surface area contributed by atoms with Gasteiger partial charge in [-0.05, 0) is 38.5 Å². The van der Waals surface area contributed by atoms with Gasteiger partial charge in [0.1, 0.15) is 5.75 Å². The van der Waals surface area contributed by atoms with Crippen LogP contribution in [-0.2, 0) is 11.3 Å². The molecular formula is C15H24BrNO2. The van der Waals surface area contributed by atoms with E-state index >= 15 is 0 Å². The molecule has 0 amide bonds. The fourth-order valence-electron chi connectivity index (χ4n) is 1.68. The zero-order chi connectivity index (χ0) is 14.1. The smallest absolute Gasteiger partial charge is 0.123 e. The minimum atomic E-state index is 0.331. The standard InChI is InChI=1S/C15H24BrNO2/c1-4-8-19-15-7-6-14(16)9-13(15)10-17-12(3)11-18-5-2/h6-7,9,12,17H,4-5,8,10-11H2,1-3H3. The van der Waals surface area contributed by atoms with Crippen LogP contribution in [0.2, 0.25) is 0 Å². The number of benzene rings is 1. The minimum Gasteiger partial charge on any atom is -0.493 e. The van der Waals surface area contributed by atoms with Gasteiger partial charge in [0.05, 0.1) is 13.2 Å². The lowest BCUT2D eigenvalue weighted by Gasteiger charge is -2.16. The van der Waals surface area contributed by atoms with E-state index in [9.17, 15) is 0 Å². The molecule has 0 heterocycles. The summed E-state index contributed by atoms with van der Waals surface area (Å²) >= 11 is 3.51. The van der Waals surface area contributed by atoms with Gasteiger partial charge < -0.3 is 14.8 Å². The van der Waals surface area contributed by atoms with Crippen LogP contribution in [-0.4, -0.2) is 25.9 Å². The van der Waals surface area contributed by atoms with Gasteiger partial charge in [-0.25, -0.2) is 0 Å². The first-order valence-corrected chi connectivity index (χ1v) is 7.69. The lowest BCUT2D eigenvalue weighted by molar-refractivity contribution is 0.127. The topological polar surface area (TPSA) is 30.5 Å². The van der Waals surface area contributed by atoms with Crippen LogP contribution in [0.3, 0.4) is 0 Å². The number of halogens is 1. The maximum atomic E-state index is 5.76. The Labute approximate surface area is 124 Å². The summed E-state index contributed by atoms with van der Waals surface area (Å²) in [6, 6.07) is 6.46. The Morgan fingerprint density at radius 2 is 2.11 bits per heavy atom. The highest BCUT2D eigenvalue weighted by molar-refractivity contribution is 9.10. The van der Waals surface area contributed by atoms with Crippen molar-refractivity contribution in [2.75, 3.05) is 19.8 Å². The molecule has 1 rings (SSSR count). The largest absolute Gasteiger partial charge is 0.493 e. The number of hydrogen-bond donors (Lipinski definition) is 1. The number of nitrogens with one attached hydrogen (secondary N) is 1. The van der Waals surface area contributed by atoms with E-state index < -0.39 is 0 Å². The summed E-state index contributed by atoms with van der Waals surface area (Å²) in [6.45, 7) is 9.28. The van der Waals surface area contributed by atoms with Crippen molar-refractivity contribution in [1.29, 1.82) is 0 Å². The van der Waals surface area contributed by atoms with Gasteiger partial charge in [-0.1, -0.05) is 22.9 Å². The van der Waals surface area contributed by atoms with Gasteiger partial charge in [0.15, 0.2) is 0 Å². The predicted octanol–water partition coefficient (Wildman–Crippen LogP) is 3.75. The van der Waals surface area contributed by atoms with Crippen LogP contribution in [0.4, 0.5) is 0 Å². The monoisotopic (exact) mass is 329 g/mol. The van der Waals surface area contributed by atoms with Gasteiger partial charge in [0.25, 0.3) is 0 Å². The average Bonchev–Trinajstić information content (AvgIpc) is 2.41. The highest BCUT2D eigenvalue weighted by atomic mass is 79.9. The van der Waals surface area contributed by atoms with Crippen molar-refractivity contribution in [2.24, 2.45) is 0 Å². The minimum absolute atomic E-state index is 0.331. The van der Waals surface area contributed by atoms with Crippen LogP contribution in [0.1, 0.15) is 32.8 Å². The molecule has 0 spiro atoms. The first kappa shape index (κ1) is 16.5. The molecule has 3 nitrogen and oxygen atoms in total. The van der Waals surface area contributed by atoms with Gasteiger partial charge in [-0.2, -0.15) is 0 Å². The molecule has 0 fully saturated rings. The van der Waals surface area contributed by atoms with E-state index in [1.165, 1.54) is 5.56 Å². The van der Waals surface area contributed by atoms with E-state index in [0.29, 0.717) is 6.04 Å². The molecular weight excluding hydrogens is 306 g/mol. The lowest BCUT2D eigenvalue weighted by atomic mass is 10.2. The third-order valence-corrected chi connectivity index (χ3v) is 3.19. The molecule has 1 atom stereocenters. The third kappa shape index (κ3) is 6.41. The summed E-state index contributed by atoms with van der Waals surface area (Å²) in [6.07, 6.45) is 1.02. The molecule has 1 aromatic rings. The van der Waals surface area contributed by atoms with Crippen molar-refractivity contribution in [3.63, 3.8) is 0 Å². The molecule has 0 aliphatic carbocycles. The van der Waals surface area contributed by atoms with E-state index in [1.807, 2.05) is 19.1 Å². The summed E-state index contributed by atoms with van der Waals surface area (Å²) in [5.74, 6) is 0.959. The molecule has 0 aliphatic rings. The maximum absolute atomic E-state index is 5.76. The Morgan fingerprint density at radius 3 is 2.79 bits per heavy atom. The van der Waals surface area contributed by atoms with Crippen LogP contribution in [0, 0.1) is 0 Å². The van der Waals surface area contributed by atoms with Crippen LogP contribution in [0.5, 0.6) is 5.75 Å². The highest BCUT2D eigenvalue weighted by Crippen LogP contribution is 2.23. The summed E-state index contributed by atoms with van der Waals surface area (Å²) < 4.78 is 12.2. The molecule has 1 unspecified atom stereocenters. The molecule has 0 saturated heterocycles. The fourth-order valence-corrected chi connectivity index (χ4v) is 2.09. The molecule has 0 radical (unpaired) electrons. The number of rotatable bonds is 9. The summed E-state index contributed by atoms with van der Waals surface area (Å²) in [7, 11) is 0. The van der Waals surface area contributed by atoms with Gasteiger partial charge in [-0.15, -0.1) is 0 Å². The first-order chi connectivity index (χ1) is 9.17. The van der Waals surface area contributed by atoms with E-state index in [1.54, 1.807) is 0 Å². The molecule has 0 aromatic heterocycles. The number of hydrogen-bond acceptors (Lipinski definition) is 3. The van der Waals surface area contributed by atoms with Crippen molar-refractivity contribution in [2.45, 2.75) is 39.8 Å². The van der Waals surface area contributed by atoms with Crippen molar-refractivity contribution in [3.05, 3.63) is 28.2 Å². The molecule has 1 N–H and O–H groups in total. The second kappa shape index (κ2) is 9.34. The third-order valence-electron chi connectivity index (χ3n) is 2.70. The predicted molar refractivity (Wildman–Crippen MR) is 82.7 cm³/mol. The van der Waals surface area contributed by atoms with Crippen molar-refractivity contribution < 1.29 is 9.47 Å². The molecule has 19 heavy (non-hydrogen) atoms. The number of ether oxygens (including phenoxy) is 2. The Bertz CT molecular complexity index is 371. The first-order valence-electron chi connectivity index (χ1n) is 6.89. The summed E-state index contributed by atoms with van der Waals surface area (Å²) in [5, 5.41) is 3.45. The molecule has 4 heteroatoms. The van der Waals surface area contributed by atoms with Crippen LogP contribution >= 0.6 is 15.9 Å². The van der Waals surface area contributed by atoms with Gasteiger partial charge in [-0.3, -0.25) is 0 Å². The van der Waals surface area contributed by atoms with Gasteiger partial charge >= 0.3 is 0 Å². The Balaban J connectivity index is 2.57. The van der Waals surface area contributed by atoms with E-state index in [2.05, 4.69) is 41.2 Å². The van der Waals surface area contributed by atoms with Gasteiger partial charge in [0.2, 0.25) is 0 Å². The fraction of sp³-hybridized carbons (Fsp3) is 0.600. The quantitative estimate of drug-likeness (QED) is 0.748. The van der Waals surface area contributed by atoms with Crippen molar-refractivity contribution in [3.8, 4) is 5.75 Å². The molecule has 0 aliphatic heterocycles. The van der Waals surface area contributed by atoms with E-state index in [-0.39, 0.29) is 0 Å². The van der Waals surface area contributed by atoms with Crippen molar-refractivity contribution in [1.82, 2.24) is 5.32 Å². The summed E-state index contributed by atoms with van der Waals surface area (Å²) in [4.78, 5) is 0. The van der Waals surface area contributed by atoms with Crippen molar-refractivity contribution >= 4 is 15.9 Å². The highest BCUT2D eigenvalue weighted by Gasteiger charge is 2.07. The van der Waals surface area contributed by atoms with Gasteiger partial charge in [0, 0.05) is 29.2 Å². The molecule has 0 bridgehead atoms. The average molecular weight is 330 g/mol. The lowest BCUT2D eigenvalue weighted by Crippen LogP contribution is -2.30. The van der Waals surface area contributed by atoms with Crippen LogP contribution < -0.4 is 10.1 Å². The second-order valence-corrected chi connectivity index (χ2v) is 5.46. The Kier molecular flexibility index (Phi) is 8.10. The molecule has 1 aromatic carbocycles. The molecule has 0 saturated carbocycles. The van der Waals surface area contributed by atoms with E-state index in [0.717, 1.165) is 43.0 Å². The van der Waals surface area contributed by atoms with E-state index in [4.69, 9.17) is 9.47 Å². The SMILES string of the molecule is CCCOc1ccc(Br)cc1CNC(C)COCC.